The summed E-state index contributed by atoms with van der Waals surface area (Å²) in [5, 5.41) is 1.76. The highest BCUT2D eigenvalue weighted by molar-refractivity contribution is 7.92. The molecule has 0 aliphatic carbocycles. The molecule has 5 nitrogen and oxygen atoms in total. The molecule has 1 N–H and O–H groups in total. The van der Waals surface area contributed by atoms with E-state index < -0.39 is 10.0 Å². The Bertz CT molecular complexity index is 984. The van der Waals surface area contributed by atoms with Crippen LogP contribution in [0.4, 0.5) is 5.82 Å². The summed E-state index contributed by atoms with van der Waals surface area (Å²) >= 11 is 0. The smallest absolute Gasteiger partial charge is 0.263 e. The number of aromatic nitrogens is 1. The second-order valence-electron chi connectivity index (χ2n) is 5.43. The molecule has 124 valence electrons. The van der Waals surface area contributed by atoms with Crippen LogP contribution in [0.2, 0.25) is 0 Å². The van der Waals surface area contributed by atoms with Crippen LogP contribution < -0.4 is 9.46 Å². The van der Waals surface area contributed by atoms with Gasteiger partial charge in [-0.3, -0.25) is 4.72 Å². The van der Waals surface area contributed by atoms with E-state index in [-0.39, 0.29) is 4.90 Å². The number of nitrogens with zero attached hydrogens (tertiary/aromatic N) is 1. The molecular formula is C18H18N2O3S. The van der Waals surface area contributed by atoms with Crippen LogP contribution in [-0.4, -0.2) is 20.0 Å². The van der Waals surface area contributed by atoms with Gasteiger partial charge in [0.2, 0.25) is 0 Å². The average molecular weight is 342 g/mol. The second-order valence-corrected chi connectivity index (χ2v) is 7.11. The Morgan fingerprint density at radius 3 is 2.54 bits per heavy atom. The standard InChI is InChI=1S/C18H18N2O3S/c1-3-23-16-6-4-15-12-17(7-5-14(15)11-16)24(21,22)20-18-10-13(2)8-9-19-18/h4-12H,3H2,1-2H3,(H,19,20). The lowest BCUT2D eigenvalue weighted by molar-refractivity contribution is 0.341. The van der Waals surface area contributed by atoms with Crippen LogP contribution in [0.3, 0.4) is 0 Å². The first-order valence-corrected chi connectivity index (χ1v) is 9.08. The van der Waals surface area contributed by atoms with Crippen LogP contribution in [0.15, 0.2) is 59.6 Å². The number of benzene rings is 2. The first kappa shape index (κ1) is 16.3. The highest BCUT2D eigenvalue weighted by atomic mass is 32.2. The lowest BCUT2D eigenvalue weighted by Crippen LogP contribution is -2.13. The monoisotopic (exact) mass is 342 g/mol. The number of aryl methyl sites for hydroxylation is 1. The quantitative estimate of drug-likeness (QED) is 0.767. The van der Waals surface area contributed by atoms with E-state index >= 15 is 0 Å². The Morgan fingerprint density at radius 1 is 1.04 bits per heavy atom. The molecule has 0 aliphatic heterocycles. The second kappa shape index (κ2) is 6.49. The molecule has 0 saturated heterocycles. The van der Waals surface area contributed by atoms with E-state index in [1.807, 2.05) is 38.1 Å². The van der Waals surface area contributed by atoms with Crippen molar-refractivity contribution in [1.29, 1.82) is 0 Å². The Balaban J connectivity index is 1.94. The minimum Gasteiger partial charge on any atom is -0.494 e. The van der Waals surface area contributed by atoms with Crippen molar-refractivity contribution in [2.24, 2.45) is 0 Å². The molecule has 0 spiro atoms. The van der Waals surface area contributed by atoms with E-state index in [2.05, 4.69) is 9.71 Å². The molecule has 1 heterocycles. The predicted molar refractivity (Wildman–Crippen MR) is 94.9 cm³/mol. The van der Waals surface area contributed by atoms with Crippen molar-refractivity contribution in [1.82, 2.24) is 4.98 Å². The van der Waals surface area contributed by atoms with E-state index in [4.69, 9.17) is 4.74 Å². The molecule has 0 atom stereocenters. The summed E-state index contributed by atoms with van der Waals surface area (Å²) in [5.74, 6) is 1.07. The number of sulfonamides is 1. The molecule has 0 saturated carbocycles. The van der Waals surface area contributed by atoms with Gasteiger partial charge in [-0.1, -0.05) is 12.1 Å². The van der Waals surface area contributed by atoms with Crippen LogP contribution in [0.1, 0.15) is 12.5 Å². The SMILES string of the molecule is CCOc1ccc2cc(S(=O)(=O)Nc3cc(C)ccn3)ccc2c1. The van der Waals surface area contributed by atoms with Crippen LogP contribution >= 0.6 is 0 Å². The Kier molecular flexibility index (Phi) is 4.40. The molecule has 0 fully saturated rings. The molecule has 6 heteroatoms. The Hall–Kier alpha value is -2.60. The summed E-state index contributed by atoms with van der Waals surface area (Å²) in [6.45, 7) is 4.39. The summed E-state index contributed by atoms with van der Waals surface area (Å²) < 4.78 is 33.1. The van der Waals surface area contributed by atoms with E-state index in [0.29, 0.717) is 12.4 Å². The normalized spacial score (nSPS) is 11.4. The number of fused-ring (bicyclic) bond motifs is 1. The Morgan fingerprint density at radius 2 is 1.79 bits per heavy atom. The minimum atomic E-state index is -3.69. The zero-order valence-electron chi connectivity index (χ0n) is 13.5. The van der Waals surface area contributed by atoms with Gasteiger partial charge in [-0.15, -0.1) is 0 Å². The average Bonchev–Trinajstić information content (AvgIpc) is 2.54. The summed E-state index contributed by atoms with van der Waals surface area (Å²) in [6.07, 6.45) is 1.57. The third-order valence-electron chi connectivity index (χ3n) is 3.56. The van der Waals surface area contributed by atoms with E-state index in [1.54, 1.807) is 30.5 Å². The first-order valence-electron chi connectivity index (χ1n) is 7.60. The van der Waals surface area contributed by atoms with Crippen molar-refractivity contribution in [3.63, 3.8) is 0 Å². The number of rotatable bonds is 5. The van der Waals surface area contributed by atoms with E-state index in [0.717, 1.165) is 22.1 Å². The van der Waals surface area contributed by atoms with E-state index in [1.165, 1.54) is 0 Å². The van der Waals surface area contributed by atoms with Gasteiger partial charge in [-0.05, 0) is 66.6 Å². The maximum Gasteiger partial charge on any atom is 0.263 e. The molecule has 0 unspecified atom stereocenters. The van der Waals surface area contributed by atoms with Crippen LogP contribution in [0.25, 0.3) is 10.8 Å². The number of hydrogen-bond acceptors (Lipinski definition) is 4. The van der Waals surface area contributed by atoms with Gasteiger partial charge in [0.05, 0.1) is 11.5 Å². The number of pyridine rings is 1. The van der Waals surface area contributed by atoms with Gasteiger partial charge in [0.25, 0.3) is 10.0 Å². The third kappa shape index (κ3) is 3.49. The Labute approximate surface area is 141 Å². The predicted octanol–water partition coefficient (Wildman–Crippen LogP) is 3.74. The van der Waals surface area contributed by atoms with Gasteiger partial charge in [-0.2, -0.15) is 0 Å². The third-order valence-corrected chi connectivity index (χ3v) is 4.91. The largest absolute Gasteiger partial charge is 0.494 e. The fraction of sp³-hybridized carbons (Fsp3) is 0.167. The minimum absolute atomic E-state index is 0.197. The van der Waals surface area contributed by atoms with Crippen LogP contribution in [-0.2, 0) is 10.0 Å². The maximum atomic E-state index is 12.6. The van der Waals surface area contributed by atoms with Gasteiger partial charge < -0.3 is 4.74 Å². The fourth-order valence-corrected chi connectivity index (χ4v) is 3.45. The van der Waals surface area contributed by atoms with Gasteiger partial charge in [-0.25, -0.2) is 13.4 Å². The molecule has 3 rings (SSSR count). The van der Waals surface area contributed by atoms with Gasteiger partial charge >= 0.3 is 0 Å². The molecule has 0 bridgehead atoms. The molecule has 3 aromatic rings. The number of nitrogens with one attached hydrogen (secondary N) is 1. The topological polar surface area (TPSA) is 68.3 Å². The molecule has 0 amide bonds. The van der Waals surface area contributed by atoms with Crippen molar-refractivity contribution in [3.8, 4) is 5.75 Å². The van der Waals surface area contributed by atoms with Crippen molar-refractivity contribution in [3.05, 3.63) is 60.3 Å². The summed E-state index contributed by atoms with van der Waals surface area (Å²) in [5.41, 5.74) is 0.935. The first-order chi connectivity index (χ1) is 11.5. The zero-order chi connectivity index (χ0) is 17.2. The molecule has 0 radical (unpaired) electrons. The van der Waals surface area contributed by atoms with E-state index in [9.17, 15) is 8.42 Å². The fourth-order valence-electron chi connectivity index (χ4n) is 2.41. The number of anilines is 1. The summed E-state index contributed by atoms with van der Waals surface area (Å²) in [6, 6.07) is 14.1. The van der Waals surface area contributed by atoms with Crippen molar-refractivity contribution < 1.29 is 13.2 Å². The number of ether oxygens (including phenoxy) is 1. The number of hydrogen-bond donors (Lipinski definition) is 1. The molecule has 1 aromatic heterocycles. The highest BCUT2D eigenvalue weighted by Crippen LogP contribution is 2.24. The zero-order valence-corrected chi connectivity index (χ0v) is 14.3. The highest BCUT2D eigenvalue weighted by Gasteiger charge is 2.15. The summed E-state index contributed by atoms with van der Waals surface area (Å²) in [4.78, 5) is 4.23. The van der Waals surface area contributed by atoms with Crippen molar-refractivity contribution in [2.75, 3.05) is 11.3 Å². The van der Waals surface area contributed by atoms with Crippen molar-refractivity contribution >= 4 is 26.6 Å². The molecule has 0 aliphatic rings. The van der Waals surface area contributed by atoms with Gasteiger partial charge in [0, 0.05) is 6.20 Å². The molecular weight excluding hydrogens is 324 g/mol. The lowest BCUT2D eigenvalue weighted by atomic mass is 10.1. The van der Waals surface area contributed by atoms with Crippen molar-refractivity contribution in [2.45, 2.75) is 18.7 Å². The van der Waals surface area contributed by atoms with Gasteiger partial charge in [0.15, 0.2) is 0 Å². The molecule has 24 heavy (non-hydrogen) atoms. The van der Waals surface area contributed by atoms with Crippen LogP contribution in [0, 0.1) is 6.92 Å². The lowest BCUT2D eigenvalue weighted by Gasteiger charge is -2.09. The maximum absolute atomic E-state index is 12.6. The van der Waals surface area contributed by atoms with Gasteiger partial charge in [0.1, 0.15) is 11.6 Å². The molecule has 2 aromatic carbocycles. The summed E-state index contributed by atoms with van der Waals surface area (Å²) in [7, 11) is -3.69. The van der Waals surface area contributed by atoms with Crippen LogP contribution in [0.5, 0.6) is 5.75 Å².